The molecule has 1 aliphatic rings. The van der Waals surface area contributed by atoms with E-state index in [2.05, 4.69) is 0 Å². The van der Waals surface area contributed by atoms with Gasteiger partial charge in [-0.15, -0.1) is 11.8 Å². The maximum atomic E-state index is 12.7. The summed E-state index contributed by atoms with van der Waals surface area (Å²) >= 11 is 1.61. The second kappa shape index (κ2) is 8.06. The van der Waals surface area contributed by atoms with Gasteiger partial charge in [0.1, 0.15) is 11.8 Å². The van der Waals surface area contributed by atoms with E-state index in [1.807, 2.05) is 24.3 Å². The summed E-state index contributed by atoms with van der Waals surface area (Å²) < 4.78 is 5.20. The minimum absolute atomic E-state index is 0.0318. The number of likely N-dealkylation sites (N-methyl/N-ethyl adjacent to an activating group) is 1. The summed E-state index contributed by atoms with van der Waals surface area (Å²) in [5.41, 5.74) is 0.997. The highest BCUT2D eigenvalue weighted by Gasteiger charge is 2.35. The Balaban J connectivity index is 2.04. The monoisotopic (exact) mass is 334 g/mol. The zero-order chi connectivity index (χ0) is 16.8. The average Bonchev–Trinajstić information content (AvgIpc) is 3.04. The number of hydrogen-bond acceptors (Lipinski definition) is 4. The van der Waals surface area contributed by atoms with Gasteiger partial charge in [0.25, 0.3) is 0 Å². The molecule has 0 radical (unpaired) electrons. The minimum atomic E-state index is -0.390. The van der Waals surface area contributed by atoms with Crippen LogP contribution >= 0.6 is 11.8 Å². The maximum absolute atomic E-state index is 12.7. The molecule has 6 heteroatoms. The van der Waals surface area contributed by atoms with Crippen LogP contribution < -0.4 is 4.74 Å². The fourth-order valence-corrected chi connectivity index (χ4v) is 3.63. The molecule has 0 saturated carbocycles. The molecule has 5 nitrogen and oxygen atoms in total. The third kappa shape index (κ3) is 4.28. The van der Waals surface area contributed by atoms with Gasteiger partial charge in [-0.2, -0.15) is 0 Å². The Morgan fingerprint density at radius 3 is 2.96 bits per heavy atom. The Morgan fingerprint density at radius 1 is 1.48 bits per heavy atom. The van der Waals surface area contributed by atoms with Crippen molar-refractivity contribution in [2.45, 2.75) is 19.5 Å². The minimum Gasteiger partial charge on any atom is -0.497 e. The van der Waals surface area contributed by atoms with Crippen LogP contribution in [0.15, 0.2) is 36.4 Å². The summed E-state index contributed by atoms with van der Waals surface area (Å²) in [4.78, 5) is 28.1. The molecule has 1 unspecified atom stereocenters. The van der Waals surface area contributed by atoms with E-state index in [4.69, 9.17) is 4.74 Å². The van der Waals surface area contributed by atoms with Crippen molar-refractivity contribution in [3.8, 4) is 5.75 Å². The van der Waals surface area contributed by atoms with Crippen molar-refractivity contribution in [1.29, 1.82) is 0 Å². The van der Waals surface area contributed by atoms with Crippen molar-refractivity contribution in [2.75, 3.05) is 25.8 Å². The van der Waals surface area contributed by atoms with Gasteiger partial charge in [-0.05, 0) is 30.7 Å². The summed E-state index contributed by atoms with van der Waals surface area (Å²) in [7, 11) is 3.39. The zero-order valence-corrected chi connectivity index (χ0v) is 14.5. The molecule has 1 aromatic carbocycles. The number of hydrogen-bond donors (Lipinski definition) is 0. The predicted molar refractivity (Wildman–Crippen MR) is 92.2 cm³/mol. The summed E-state index contributed by atoms with van der Waals surface area (Å²) in [6, 6.07) is 7.25. The number of rotatable bonds is 5. The smallest absolute Gasteiger partial charge is 0.247 e. The first kappa shape index (κ1) is 17.4. The maximum Gasteiger partial charge on any atom is 0.247 e. The number of amides is 2. The van der Waals surface area contributed by atoms with E-state index in [1.54, 1.807) is 48.7 Å². The molecular weight excluding hydrogens is 312 g/mol. The Hall–Kier alpha value is -1.95. The third-order valence-electron chi connectivity index (χ3n) is 3.69. The Labute approximate surface area is 141 Å². The van der Waals surface area contributed by atoms with Crippen LogP contribution in [0.3, 0.4) is 0 Å². The molecule has 1 aliphatic heterocycles. The van der Waals surface area contributed by atoms with E-state index >= 15 is 0 Å². The van der Waals surface area contributed by atoms with Gasteiger partial charge in [0.2, 0.25) is 11.8 Å². The fourth-order valence-electron chi connectivity index (χ4n) is 2.48. The number of thioether (sulfide) groups is 1. The highest BCUT2D eigenvalue weighted by atomic mass is 32.2. The SMILES string of the molecule is CC=CC(=O)N1CSCC1C(=O)N(C)Cc1cccc(OC)c1. The molecule has 0 aromatic heterocycles. The summed E-state index contributed by atoms with van der Waals surface area (Å²) in [5.74, 6) is 1.84. The number of ether oxygens (including phenoxy) is 1. The Kier molecular flexibility index (Phi) is 6.10. The van der Waals surface area contributed by atoms with Gasteiger partial charge < -0.3 is 14.5 Å². The number of benzene rings is 1. The van der Waals surface area contributed by atoms with Crippen molar-refractivity contribution >= 4 is 23.6 Å². The molecule has 0 aliphatic carbocycles. The van der Waals surface area contributed by atoms with Crippen LogP contribution in [0.1, 0.15) is 12.5 Å². The fraction of sp³-hybridized carbons (Fsp3) is 0.412. The van der Waals surface area contributed by atoms with Crippen LogP contribution in [0.5, 0.6) is 5.75 Å². The van der Waals surface area contributed by atoms with E-state index < -0.39 is 0 Å². The number of allylic oxidation sites excluding steroid dienone is 1. The molecule has 0 bridgehead atoms. The lowest BCUT2D eigenvalue weighted by Crippen LogP contribution is -2.47. The molecule has 23 heavy (non-hydrogen) atoms. The van der Waals surface area contributed by atoms with Gasteiger partial charge >= 0.3 is 0 Å². The van der Waals surface area contributed by atoms with Crippen LogP contribution in [-0.2, 0) is 16.1 Å². The molecule has 2 rings (SSSR count). The largest absolute Gasteiger partial charge is 0.497 e. The van der Waals surface area contributed by atoms with E-state index in [0.717, 1.165) is 11.3 Å². The van der Waals surface area contributed by atoms with Crippen LogP contribution in [0.25, 0.3) is 0 Å². The van der Waals surface area contributed by atoms with E-state index in [0.29, 0.717) is 18.2 Å². The lowest BCUT2D eigenvalue weighted by Gasteiger charge is -2.26. The summed E-state index contributed by atoms with van der Waals surface area (Å²) in [6.07, 6.45) is 3.21. The van der Waals surface area contributed by atoms with Crippen molar-refractivity contribution in [1.82, 2.24) is 9.80 Å². The van der Waals surface area contributed by atoms with E-state index in [-0.39, 0.29) is 17.9 Å². The van der Waals surface area contributed by atoms with Gasteiger partial charge in [-0.25, -0.2) is 0 Å². The van der Waals surface area contributed by atoms with Gasteiger partial charge in [0.05, 0.1) is 13.0 Å². The Bertz CT molecular complexity index is 603. The van der Waals surface area contributed by atoms with Gasteiger partial charge in [0, 0.05) is 19.3 Å². The van der Waals surface area contributed by atoms with Crippen LogP contribution in [-0.4, -0.2) is 53.4 Å². The molecule has 1 saturated heterocycles. The van der Waals surface area contributed by atoms with Crippen LogP contribution in [0.2, 0.25) is 0 Å². The second-order valence-corrected chi connectivity index (χ2v) is 6.37. The number of nitrogens with zero attached hydrogens (tertiary/aromatic N) is 2. The molecule has 1 aromatic rings. The second-order valence-electron chi connectivity index (χ2n) is 5.37. The average molecular weight is 334 g/mol. The molecule has 1 atom stereocenters. The first-order valence-corrected chi connectivity index (χ1v) is 8.61. The van der Waals surface area contributed by atoms with Gasteiger partial charge in [-0.1, -0.05) is 18.2 Å². The van der Waals surface area contributed by atoms with Crippen LogP contribution in [0, 0.1) is 0 Å². The number of methoxy groups -OCH3 is 1. The number of carbonyl (C=O) groups excluding carboxylic acids is 2. The predicted octanol–water partition coefficient (Wildman–Crippen LogP) is 2.13. The van der Waals surface area contributed by atoms with Crippen molar-refractivity contribution in [3.05, 3.63) is 42.0 Å². The van der Waals surface area contributed by atoms with Crippen molar-refractivity contribution in [2.24, 2.45) is 0 Å². The van der Waals surface area contributed by atoms with Crippen LogP contribution in [0.4, 0.5) is 0 Å². The molecule has 0 spiro atoms. The first-order valence-electron chi connectivity index (χ1n) is 7.45. The molecule has 2 amide bonds. The molecule has 124 valence electrons. The quantitative estimate of drug-likeness (QED) is 0.774. The van der Waals surface area contributed by atoms with Crippen molar-refractivity contribution < 1.29 is 14.3 Å². The highest BCUT2D eigenvalue weighted by molar-refractivity contribution is 7.99. The third-order valence-corrected chi connectivity index (χ3v) is 4.70. The topological polar surface area (TPSA) is 49.9 Å². The molecule has 1 fully saturated rings. The Morgan fingerprint density at radius 2 is 2.26 bits per heavy atom. The summed E-state index contributed by atoms with van der Waals surface area (Å²) in [5, 5.41) is 0. The first-order chi connectivity index (χ1) is 11.1. The van der Waals surface area contributed by atoms with Gasteiger partial charge in [-0.3, -0.25) is 9.59 Å². The summed E-state index contributed by atoms with van der Waals surface area (Å²) in [6.45, 7) is 2.29. The van der Waals surface area contributed by atoms with E-state index in [1.165, 1.54) is 6.08 Å². The zero-order valence-electron chi connectivity index (χ0n) is 13.7. The molecule has 0 N–H and O–H groups in total. The molecule has 1 heterocycles. The lowest BCUT2D eigenvalue weighted by molar-refractivity contribution is -0.140. The van der Waals surface area contributed by atoms with Crippen molar-refractivity contribution in [3.63, 3.8) is 0 Å². The lowest BCUT2D eigenvalue weighted by atomic mass is 10.2. The highest BCUT2D eigenvalue weighted by Crippen LogP contribution is 2.23. The normalized spacial score (nSPS) is 17.5. The van der Waals surface area contributed by atoms with Gasteiger partial charge in [0.15, 0.2) is 0 Å². The van der Waals surface area contributed by atoms with E-state index in [9.17, 15) is 9.59 Å². The molecular formula is C17H22N2O3S. The number of carbonyl (C=O) groups is 2. The standard InChI is InChI=1S/C17H22N2O3S/c1-4-6-16(20)19-12-23-11-15(19)17(21)18(2)10-13-7-5-8-14(9-13)22-3/h4-9,15H,10-12H2,1-3H3.